The van der Waals surface area contributed by atoms with Crippen LogP contribution in [0.25, 0.3) is 0 Å². The molecule has 5 heteroatoms. The molecule has 0 aliphatic heterocycles. The zero-order chi connectivity index (χ0) is 16.0. The Morgan fingerprint density at radius 1 is 1.43 bits per heavy atom. The van der Waals surface area contributed by atoms with Crippen molar-refractivity contribution in [3.05, 3.63) is 23.8 Å². The third-order valence-electron chi connectivity index (χ3n) is 3.39. The van der Waals surface area contributed by atoms with Crippen LogP contribution in [0.15, 0.2) is 18.2 Å². The fourth-order valence-corrected chi connectivity index (χ4v) is 1.76. The lowest BCUT2D eigenvalue weighted by Gasteiger charge is -2.24. The van der Waals surface area contributed by atoms with Gasteiger partial charge in [0.2, 0.25) is 0 Å². The minimum Gasteiger partial charge on any atom is -0.497 e. The molecule has 21 heavy (non-hydrogen) atoms. The first-order chi connectivity index (χ1) is 9.79. The molecule has 0 bridgehead atoms. The van der Waals surface area contributed by atoms with E-state index in [2.05, 4.69) is 5.32 Å². The summed E-state index contributed by atoms with van der Waals surface area (Å²) in [5.74, 6) is 0.874. The fraction of sp³-hybridized carbons (Fsp3) is 0.562. The maximum Gasteiger partial charge on any atom is 0.258 e. The molecule has 0 unspecified atom stereocenters. The lowest BCUT2D eigenvalue weighted by Crippen LogP contribution is -2.44. The molecule has 0 fully saturated rings. The zero-order valence-corrected chi connectivity index (χ0v) is 13.4. The van der Waals surface area contributed by atoms with Crippen LogP contribution < -0.4 is 14.8 Å². The number of hydrogen-bond acceptors (Lipinski definition) is 4. The lowest BCUT2D eigenvalue weighted by molar-refractivity contribution is -0.124. The number of benzene rings is 1. The predicted molar refractivity (Wildman–Crippen MR) is 81.6 cm³/mol. The van der Waals surface area contributed by atoms with E-state index in [1.165, 1.54) is 0 Å². The maximum absolute atomic E-state index is 11.9. The van der Waals surface area contributed by atoms with E-state index >= 15 is 0 Å². The molecule has 0 saturated carbocycles. The van der Waals surface area contributed by atoms with Crippen molar-refractivity contribution in [2.24, 2.45) is 0 Å². The highest BCUT2D eigenvalue weighted by atomic mass is 16.5. The Hall–Kier alpha value is -1.75. The molecule has 0 saturated heterocycles. The van der Waals surface area contributed by atoms with Gasteiger partial charge in [-0.05, 0) is 39.3 Å². The number of carbonyl (C=O) groups excluding carboxylic acids is 1. The van der Waals surface area contributed by atoms with Crippen molar-refractivity contribution in [3.63, 3.8) is 0 Å². The van der Waals surface area contributed by atoms with Gasteiger partial charge >= 0.3 is 0 Å². The Bertz CT molecular complexity index is 483. The third kappa shape index (κ3) is 5.27. The third-order valence-corrected chi connectivity index (χ3v) is 3.39. The molecule has 0 aliphatic carbocycles. The van der Waals surface area contributed by atoms with Gasteiger partial charge < -0.3 is 19.9 Å². The van der Waals surface area contributed by atoms with Crippen LogP contribution in [-0.4, -0.2) is 30.3 Å². The number of ether oxygens (including phenoxy) is 2. The molecule has 0 spiro atoms. The minimum atomic E-state index is -0.680. The van der Waals surface area contributed by atoms with E-state index in [1.54, 1.807) is 32.2 Å². The summed E-state index contributed by atoms with van der Waals surface area (Å²) in [6.07, 6.45) is 0.151. The van der Waals surface area contributed by atoms with Crippen molar-refractivity contribution in [1.29, 1.82) is 0 Å². The quantitative estimate of drug-likeness (QED) is 0.810. The summed E-state index contributed by atoms with van der Waals surface area (Å²) in [6, 6.07) is 5.14. The first kappa shape index (κ1) is 17.3. The first-order valence-corrected chi connectivity index (χ1v) is 7.09. The number of amides is 1. The summed E-state index contributed by atoms with van der Waals surface area (Å²) < 4.78 is 10.7. The van der Waals surface area contributed by atoms with Crippen molar-refractivity contribution in [2.45, 2.75) is 45.8 Å². The number of hydrogen-bond donors (Lipinski definition) is 2. The standard InChI is InChI=1S/C16H25NO4/c1-6-16(3,4)17-15(19)10-21-14-9-12(20-5)7-8-13(14)11(2)18/h7-9,11,18H,6,10H2,1-5H3,(H,17,19)/t11-/m1/s1. The molecule has 1 amide bonds. The summed E-state index contributed by atoms with van der Waals surface area (Å²) in [6.45, 7) is 7.47. The van der Waals surface area contributed by atoms with E-state index in [9.17, 15) is 9.90 Å². The van der Waals surface area contributed by atoms with Gasteiger partial charge in [0.25, 0.3) is 5.91 Å². The largest absolute Gasteiger partial charge is 0.497 e. The molecule has 118 valence electrons. The number of rotatable bonds is 7. The van der Waals surface area contributed by atoms with E-state index in [4.69, 9.17) is 9.47 Å². The summed E-state index contributed by atoms with van der Waals surface area (Å²) in [7, 11) is 1.55. The van der Waals surface area contributed by atoms with Crippen LogP contribution in [0, 0.1) is 0 Å². The van der Waals surface area contributed by atoms with Gasteiger partial charge in [0.1, 0.15) is 11.5 Å². The minimum absolute atomic E-state index is 0.101. The second kappa shape index (κ2) is 7.31. The normalized spacial score (nSPS) is 12.7. The highest BCUT2D eigenvalue weighted by Crippen LogP contribution is 2.29. The summed E-state index contributed by atoms with van der Waals surface area (Å²) in [5, 5.41) is 12.6. The highest BCUT2D eigenvalue weighted by Gasteiger charge is 2.19. The van der Waals surface area contributed by atoms with Gasteiger partial charge in [0.05, 0.1) is 13.2 Å². The number of methoxy groups -OCH3 is 1. The van der Waals surface area contributed by atoms with Gasteiger partial charge in [-0.1, -0.05) is 6.92 Å². The summed E-state index contributed by atoms with van der Waals surface area (Å²) in [4.78, 5) is 11.9. The van der Waals surface area contributed by atoms with Gasteiger partial charge in [-0.15, -0.1) is 0 Å². The van der Waals surface area contributed by atoms with Gasteiger partial charge in [0, 0.05) is 17.2 Å². The van der Waals surface area contributed by atoms with Crippen LogP contribution in [0.5, 0.6) is 11.5 Å². The smallest absolute Gasteiger partial charge is 0.258 e. The van der Waals surface area contributed by atoms with Gasteiger partial charge in [-0.2, -0.15) is 0 Å². The van der Waals surface area contributed by atoms with E-state index < -0.39 is 6.10 Å². The number of aliphatic hydroxyl groups is 1. The molecule has 1 aromatic rings. The SMILES string of the molecule is CCC(C)(C)NC(=O)COc1cc(OC)ccc1[C@@H](C)O. The van der Waals surface area contributed by atoms with Crippen LogP contribution in [0.2, 0.25) is 0 Å². The van der Waals surface area contributed by atoms with Crippen molar-refractivity contribution in [3.8, 4) is 11.5 Å². The van der Waals surface area contributed by atoms with E-state index in [0.717, 1.165) is 6.42 Å². The molecule has 2 N–H and O–H groups in total. The van der Waals surface area contributed by atoms with Crippen LogP contribution >= 0.6 is 0 Å². The number of carbonyl (C=O) groups is 1. The Kier molecular flexibility index (Phi) is 6.03. The maximum atomic E-state index is 11.9. The Balaban J connectivity index is 2.76. The topological polar surface area (TPSA) is 67.8 Å². The van der Waals surface area contributed by atoms with Crippen LogP contribution in [0.1, 0.15) is 45.8 Å². The molecule has 1 aromatic carbocycles. The zero-order valence-electron chi connectivity index (χ0n) is 13.4. The number of nitrogens with one attached hydrogen (secondary N) is 1. The van der Waals surface area contributed by atoms with E-state index in [1.807, 2.05) is 20.8 Å². The molecule has 5 nitrogen and oxygen atoms in total. The van der Waals surface area contributed by atoms with Gasteiger partial charge in [0.15, 0.2) is 6.61 Å². The Morgan fingerprint density at radius 2 is 2.10 bits per heavy atom. The molecule has 0 radical (unpaired) electrons. The van der Waals surface area contributed by atoms with E-state index in [-0.39, 0.29) is 18.1 Å². The average Bonchev–Trinajstić information content (AvgIpc) is 2.44. The first-order valence-electron chi connectivity index (χ1n) is 7.09. The van der Waals surface area contributed by atoms with Gasteiger partial charge in [-0.25, -0.2) is 0 Å². The fourth-order valence-electron chi connectivity index (χ4n) is 1.76. The Morgan fingerprint density at radius 3 is 2.62 bits per heavy atom. The second-order valence-electron chi connectivity index (χ2n) is 5.65. The summed E-state index contributed by atoms with van der Waals surface area (Å²) in [5.41, 5.74) is 0.361. The molecular weight excluding hydrogens is 270 g/mol. The van der Waals surface area contributed by atoms with Crippen LogP contribution in [0.4, 0.5) is 0 Å². The highest BCUT2D eigenvalue weighted by molar-refractivity contribution is 5.78. The molecule has 0 heterocycles. The predicted octanol–water partition coefficient (Wildman–Crippen LogP) is 2.43. The van der Waals surface area contributed by atoms with Crippen LogP contribution in [0.3, 0.4) is 0 Å². The Labute approximate surface area is 126 Å². The summed E-state index contributed by atoms with van der Waals surface area (Å²) >= 11 is 0. The van der Waals surface area contributed by atoms with Crippen molar-refractivity contribution >= 4 is 5.91 Å². The molecule has 1 atom stereocenters. The lowest BCUT2D eigenvalue weighted by atomic mass is 10.0. The molecular formula is C16H25NO4. The van der Waals surface area contributed by atoms with Crippen molar-refractivity contribution in [2.75, 3.05) is 13.7 Å². The average molecular weight is 295 g/mol. The molecule has 1 rings (SSSR count). The van der Waals surface area contributed by atoms with Crippen molar-refractivity contribution in [1.82, 2.24) is 5.32 Å². The van der Waals surface area contributed by atoms with Gasteiger partial charge in [-0.3, -0.25) is 4.79 Å². The monoisotopic (exact) mass is 295 g/mol. The van der Waals surface area contributed by atoms with Crippen molar-refractivity contribution < 1.29 is 19.4 Å². The second-order valence-corrected chi connectivity index (χ2v) is 5.65. The van der Waals surface area contributed by atoms with E-state index in [0.29, 0.717) is 17.1 Å². The molecule has 0 aliphatic rings. The van der Waals surface area contributed by atoms with Crippen LogP contribution in [-0.2, 0) is 4.79 Å². The number of aliphatic hydroxyl groups excluding tert-OH is 1. The molecule has 0 aromatic heterocycles.